The summed E-state index contributed by atoms with van der Waals surface area (Å²) in [7, 11) is 3.14. The summed E-state index contributed by atoms with van der Waals surface area (Å²) in [6.45, 7) is 1.96. The van der Waals surface area contributed by atoms with Gasteiger partial charge in [0, 0.05) is 13.2 Å². The number of hydrogen-bond acceptors (Lipinski definition) is 4. The summed E-state index contributed by atoms with van der Waals surface area (Å²) < 4.78 is 6.97. The van der Waals surface area contributed by atoms with E-state index in [2.05, 4.69) is 5.10 Å². The number of hydrogen-bond donors (Lipinski definition) is 1. The van der Waals surface area contributed by atoms with E-state index in [1.54, 1.807) is 31.1 Å². The number of carboxylic acids is 1. The Morgan fingerprint density at radius 1 is 1.22 bits per heavy atom. The van der Waals surface area contributed by atoms with Gasteiger partial charge in [-0.2, -0.15) is 5.10 Å². The number of nitrogens with zero attached hydrogens (tertiary/aromatic N) is 3. The highest BCUT2D eigenvalue weighted by atomic mass is 16.5. The van der Waals surface area contributed by atoms with Crippen molar-refractivity contribution >= 4 is 11.9 Å². The molecular weight excluding hydrogens is 346 g/mol. The van der Waals surface area contributed by atoms with E-state index in [-0.39, 0.29) is 11.6 Å². The summed E-state index contributed by atoms with van der Waals surface area (Å²) in [5.74, 6) is -0.687. The Labute approximate surface area is 158 Å². The minimum Gasteiger partial charge on any atom is -0.494 e. The standard InChI is InChI=1S/C20H25N3O4/c1-14-7-8-17(27-3)16(13-14)23-12-9-15(21-23)18(24)22(2)20(19(25)26)10-5-4-6-11-20/h7-9,12-13H,4-6,10-11H2,1-3H3,(H,25,26). The van der Waals surface area contributed by atoms with Crippen LogP contribution < -0.4 is 4.74 Å². The van der Waals surface area contributed by atoms with E-state index in [0.29, 0.717) is 18.6 Å². The third kappa shape index (κ3) is 3.41. The van der Waals surface area contributed by atoms with Gasteiger partial charge in [-0.25, -0.2) is 9.48 Å². The first-order valence-electron chi connectivity index (χ1n) is 9.11. The molecule has 2 aromatic rings. The fourth-order valence-electron chi connectivity index (χ4n) is 3.75. The summed E-state index contributed by atoms with van der Waals surface area (Å²) in [5, 5.41) is 14.2. The molecule has 7 nitrogen and oxygen atoms in total. The number of amides is 1. The summed E-state index contributed by atoms with van der Waals surface area (Å²) in [5.41, 5.74) is 0.829. The highest BCUT2D eigenvalue weighted by molar-refractivity contribution is 5.96. The number of ether oxygens (including phenoxy) is 1. The van der Waals surface area contributed by atoms with Crippen LogP contribution >= 0.6 is 0 Å². The van der Waals surface area contributed by atoms with E-state index in [0.717, 1.165) is 30.5 Å². The number of rotatable bonds is 5. The second kappa shape index (κ2) is 7.42. The molecule has 1 aliphatic rings. The Hall–Kier alpha value is -2.83. The maximum absolute atomic E-state index is 13.0. The van der Waals surface area contributed by atoms with E-state index in [1.165, 1.54) is 4.90 Å². The molecule has 1 saturated carbocycles. The number of aromatic nitrogens is 2. The van der Waals surface area contributed by atoms with Gasteiger partial charge in [0.15, 0.2) is 5.69 Å². The van der Waals surface area contributed by atoms with Crippen molar-refractivity contribution in [3.05, 3.63) is 41.7 Å². The molecule has 1 aromatic carbocycles. The van der Waals surface area contributed by atoms with Gasteiger partial charge in [0.25, 0.3) is 5.91 Å². The summed E-state index contributed by atoms with van der Waals surface area (Å²) in [6, 6.07) is 7.31. The lowest BCUT2D eigenvalue weighted by atomic mass is 9.80. The van der Waals surface area contributed by atoms with Gasteiger partial charge in [0.1, 0.15) is 17.0 Å². The van der Waals surface area contributed by atoms with Crippen molar-refractivity contribution < 1.29 is 19.4 Å². The average molecular weight is 371 g/mol. The number of benzene rings is 1. The molecule has 1 N–H and O–H groups in total. The molecule has 3 rings (SSSR count). The monoisotopic (exact) mass is 371 g/mol. The molecule has 1 fully saturated rings. The zero-order chi connectivity index (χ0) is 19.6. The number of aryl methyl sites for hydroxylation is 1. The molecule has 1 amide bonds. The zero-order valence-corrected chi connectivity index (χ0v) is 15.9. The van der Waals surface area contributed by atoms with E-state index in [1.807, 2.05) is 25.1 Å². The molecule has 1 aromatic heterocycles. The van der Waals surface area contributed by atoms with Gasteiger partial charge in [0.2, 0.25) is 0 Å². The Morgan fingerprint density at radius 3 is 2.56 bits per heavy atom. The molecule has 0 unspecified atom stereocenters. The van der Waals surface area contributed by atoms with Crippen LogP contribution in [0.3, 0.4) is 0 Å². The predicted molar refractivity (Wildman–Crippen MR) is 100 cm³/mol. The Morgan fingerprint density at radius 2 is 1.93 bits per heavy atom. The molecule has 0 atom stereocenters. The van der Waals surface area contributed by atoms with Crippen LogP contribution in [0.1, 0.15) is 48.2 Å². The minimum absolute atomic E-state index is 0.215. The summed E-state index contributed by atoms with van der Waals surface area (Å²) >= 11 is 0. The third-order valence-corrected chi connectivity index (χ3v) is 5.41. The lowest BCUT2D eigenvalue weighted by Crippen LogP contribution is -2.56. The van der Waals surface area contributed by atoms with Crippen molar-refractivity contribution in [2.45, 2.75) is 44.6 Å². The molecule has 7 heteroatoms. The van der Waals surface area contributed by atoms with Gasteiger partial charge in [-0.3, -0.25) is 4.79 Å². The smallest absolute Gasteiger partial charge is 0.329 e. The topological polar surface area (TPSA) is 84.7 Å². The van der Waals surface area contributed by atoms with Crippen molar-refractivity contribution in [3.8, 4) is 11.4 Å². The van der Waals surface area contributed by atoms with Crippen LogP contribution in [0, 0.1) is 6.92 Å². The van der Waals surface area contributed by atoms with E-state index in [9.17, 15) is 14.7 Å². The van der Waals surface area contributed by atoms with E-state index >= 15 is 0 Å². The zero-order valence-electron chi connectivity index (χ0n) is 15.9. The molecular formula is C20H25N3O4. The molecule has 1 heterocycles. The van der Waals surface area contributed by atoms with Crippen molar-refractivity contribution in [1.29, 1.82) is 0 Å². The van der Waals surface area contributed by atoms with Gasteiger partial charge in [-0.15, -0.1) is 0 Å². The van der Waals surface area contributed by atoms with Gasteiger partial charge >= 0.3 is 5.97 Å². The number of aliphatic carboxylic acids is 1. The average Bonchev–Trinajstić information content (AvgIpc) is 3.17. The Balaban J connectivity index is 1.91. The van der Waals surface area contributed by atoms with Crippen LogP contribution in [-0.2, 0) is 4.79 Å². The van der Waals surface area contributed by atoms with Crippen LogP contribution in [0.2, 0.25) is 0 Å². The first kappa shape index (κ1) is 18.9. The number of carbonyl (C=O) groups is 2. The second-order valence-electron chi connectivity index (χ2n) is 7.08. The van der Waals surface area contributed by atoms with Crippen LogP contribution in [0.5, 0.6) is 5.75 Å². The van der Waals surface area contributed by atoms with Gasteiger partial charge < -0.3 is 14.7 Å². The van der Waals surface area contributed by atoms with Gasteiger partial charge in [-0.05, 0) is 43.5 Å². The second-order valence-corrected chi connectivity index (χ2v) is 7.08. The SMILES string of the molecule is COc1ccc(C)cc1-n1ccc(C(=O)N(C)C2(C(=O)O)CCCCC2)n1. The molecule has 0 spiro atoms. The van der Waals surface area contributed by atoms with Gasteiger partial charge in [0.05, 0.1) is 7.11 Å². The fourth-order valence-corrected chi connectivity index (χ4v) is 3.75. The highest BCUT2D eigenvalue weighted by Crippen LogP contribution is 2.34. The third-order valence-electron chi connectivity index (χ3n) is 5.41. The van der Waals surface area contributed by atoms with Crippen molar-refractivity contribution in [3.63, 3.8) is 0 Å². The first-order chi connectivity index (χ1) is 12.9. The predicted octanol–water partition coefficient (Wildman–Crippen LogP) is 3.05. The number of carbonyl (C=O) groups excluding carboxylic acids is 1. The lowest BCUT2D eigenvalue weighted by molar-refractivity contribution is -0.151. The fraction of sp³-hybridized carbons (Fsp3) is 0.450. The number of methoxy groups -OCH3 is 1. The maximum atomic E-state index is 13.0. The number of carboxylic acid groups (broad SMARTS) is 1. The first-order valence-corrected chi connectivity index (χ1v) is 9.11. The molecule has 0 saturated heterocycles. The molecule has 27 heavy (non-hydrogen) atoms. The molecule has 0 bridgehead atoms. The largest absolute Gasteiger partial charge is 0.494 e. The van der Waals surface area contributed by atoms with Crippen molar-refractivity contribution in [1.82, 2.24) is 14.7 Å². The number of likely N-dealkylation sites (N-methyl/N-ethyl adjacent to an activating group) is 1. The minimum atomic E-state index is -1.15. The van der Waals surface area contributed by atoms with Crippen LogP contribution in [0.4, 0.5) is 0 Å². The van der Waals surface area contributed by atoms with E-state index in [4.69, 9.17) is 4.74 Å². The maximum Gasteiger partial charge on any atom is 0.329 e. The van der Waals surface area contributed by atoms with Crippen LogP contribution in [0.25, 0.3) is 5.69 Å². The van der Waals surface area contributed by atoms with E-state index < -0.39 is 11.5 Å². The molecule has 0 radical (unpaired) electrons. The summed E-state index contributed by atoms with van der Waals surface area (Å²) in [4.78, 5) is 26.3. The normalized spacial score (nSPS) is 16.0. The van der Waals surface area contributed by atoms with Crippen molar-refractivity contribution in [2.75, 3.05) is 14.2 Å². The van der Waals surface area contributed by atoms with Crippen LogP contribution in [-0.4, -0.2) is 51.4 Å². The highest BCUT2D eigenvalue weighted by Gasteiger charge is 2.46. The molecule has 1 aliphatic carbocycles. The Kier molecular flexibility index (Phi) is 5.21. The Bertz CT molecular complexity index is 853. The molecule has 144 valence electrons. The summed E-state index contributed by atoms with van der Waals surface area (Å²) in [6.07, 6.45) is 5.23. The van der Waals surface area contributed by atoms with Gasteiger partial charge in [-0.1, -0.05) is 25.3 Å². The van der Waals surface area contributed by atoms with Crippen molar-refractivity contribution in [2.24, 2.45) is 0 Å². The molecule has 0 aliphatic heterocycles. The lowest BCUT2D eigenvalue weighted by Gasteiger charge is -2.40. The quantitative estimate of drug-likeness (QED) is 0.873. The van der Waals surface area contributed by atoms with Crippen LogP contribution in [0.15, 0.2) is 30.5 Å².